The highest BCUT2D eigenvalue weighted by molar-refractivity contribution is 6.33. The summed E-state index contributed by atoms with van der Waals surface area (Å²) >= 11 is 6.17. The normalized spacial score (nSPS) is 10.6. The van der Waals surface area contributed by atoms with E-state index in [0.717, 1.165) is 22.1 Å². The molecule has 2 aromatic carbocycles. The number of fused-ring (bicyclic) bond motifs is 1. The third-order valence-corrected chi connectivity index (χ3v) is 3.26. The van der Waals surface area contributed by atoms with E-state index in [4.69, 9.17) is 17.3 Å². The quantitative estimate of drug-likeness (QED) is 0.685. The summed E-state index contributed by atoms with van der Waals surface area (Å²) in [7, 11) is 0. The van der Waals surface area contributed by atoms with Crippen molar-refractivity contribution >= 4 is 39.4 Å². The molecule has 1 heterocycles. The van der Waals surface area contributed by atoms with Gasteiger partial charge in [-0.1, -0.05) is 23.7 Å². The van der Waals surface area contributed by atoms with Crippen molar-refractivity contribution in [3.8, 4) is 0 Å². The van der Waals surface area contributed by atoms with Crippen molar-refractivity contribution in [2.45, 2.75) is 0 Å². The molecule has 4 heteroatoms. The Balaban J connectivity index is 2.06. The zero-order valence-electron chi connectivity index (χ0n) is 10.1. The van der Waals surface area contributed by atoms with E-state index >= 15 is 0 Å². The average Bonchev–Trinajstić information content (AvgIpc) is 2.42. The van der Waals surface area contributed by atoms with Crippen molar-refractivity contribution in [3.63, 3.8) is 0 Å². The Labute approximate surface area is 116 Å². The Morgan fingerprint density at radius 1 is 1.05 bits per heavy atom. The summed E-state index contributed by atoms with van der Waals surface area (Å²) in [6.45, 7) is 0. The van der Waals surface area contributed by atoms with Gasteiger partial charge in [-0.3, -0.25) is 4.98 Å². The van der Waals surface area contributed by atoms with Crippen LogP contribution >= 0.6 is 11.6 Å². The first-order valence-electron chi connectivity index (χ1n) is 5.89. The molecule has 1 aromatic heterocycles. The number of hydrogen-bond donors (Lipinski definition) is 2. The molecule has 0 amide bonds. The first-order valence-corrected chi connectivity index (χ1v) is 6.26. The molecule has 0 bridgehead atoms. The highest BCUT2D eigenvalue weighted by Crippen LogP contribution is 2.30. The number of benzene rings is 2. The lowest BCUT2D eigenvalue weighted by Crippen LogP contribution is -1.94. The Kier molecular flexibility index (Phi) is 2.97. The fraction of sp³-hybridized carbons (Fsp3) is 0. The molecule has 0 fully saturated rings. The number of pyridine rings is 1. The first-order chi connectivity index (χ1) is 9.24. The zero-order valence-corrected chi connectivity index (χ0v) is 10.9. The van der Waals surface area contributed by atoms with E-state index in [0.29, 0.717) is 10.7 Å². The summed E-state index contributed by atoms with van der Waals surface area (Å²) in [6, 6.07) is 13.4. The Bertz CT molecular complexity index is 735. The maximum atomic E-state index is 6.17. The van der Waals surface area contributed by atoms with Crippen LogP contribution in [0.15, 0.2) is 54.9 Å². The van der Waals surface area contributed by atoms with Crippen molar-refractivity contribution in [2.24, 2.45) is 0 Å². The van der Waals surface area contributed by atoms with E-state index in [2.05, 4.69) is 10.3 Å². The van der Waals surface area contributed by atoms with Gasteiger partial charge >= 0.3 is 0 Å². The standard InChI is InChI=1S/C15H12ClN3/c16-13-8-11(17)4-5-15(13)19-14-3-1-2-10-6-7-18-9-12(10)14/h1-9,19H,17H2. The van der Waals surface area contributed by atoms with Gasteiger partial charge in [-0.25, -0.2) is 0 Å². The molecule has 0 saturated heterocycles. The SMILES string of the molecule is Nc1ccc(Nc2cccc3ccncc23)c(Cl)c1. The van der Waals surface area contributed by atoms with Gasteiger partial charge in [0, 0.05) is 29.2 Å². The van der Waals surface area contributed by atoms with Crippen molar-refractivity contribution < 1.29 is 0 Å². The second-order valence-electron chi connectivity index (χ2n) is 4.27. The van der Waals surface area contributed by atoms with Crippen LogP contribution in [0.3, 0.4) is 0 Å². The Morgan fingerprint density at radius 3 is 2.79 bits per heavy atom. The van der Waals surface area contributed by atoms with Crippen LogP contribution in [0.25, 0.3) is 10.8 Å². The maximum absolute atomic E-state index is 6.17. The minimum Gasteiger partial charge on any atom is -0.399 e. The van der Waals surface area contributed by atoms with Crippen molar-refractivity contribution in [1.29, 1.82) is 0 Å². The van der Waals surface area contributed by atoms with E-state index in [1.807, 2.05) is 42.6 Å². The topological polar surface area (TPSA) is 50.9 Å². The summed E-state index contributed by atoms with van der Waals surface area (Å²) in [4.78, 5) is 4.16. The molecule has 3 rings (SSSR count). The van der Waals surface area contributed by atoms with E-state index in [1.165, 1.54) is 0 Å². The fourth-order valence-electron chi connectivity index (χ4n) is 2.00. The van der Waals surface area contributed by atoms with Gasteiger partial charge in [0.25, 0.3) is 0 Å². The monoisotopic (exact) mass is 269 g/mol. The average molecular weight is 270 g/mol. The van der Waals surface area contributed by atoms with Gasteiger partial charge in [-0.15, -0.1) is 0 Å². The summed E-state index contributed by atoms with van der Waals surface area (Å²) in [5, 5.41) is 6.10. The van der Waals surface area contributed by atoms with E-state index in [-0.39, 0.29) is 0 Å². The van der Waals surface area contributed by atoms with Crippen molar-refractivity contribution in [2.75, 3.05) is 11.1 Å². The molecule has 3 aromatic rings. The van der Waals surface area contributed by atoms with Gasteiger partial charge < -0.3 is 11.1 Å². The molecule has 0 radical (unpaired) electrons. The van der Waals surface area contributed by atoms with Crippen LogP contribution in [0.4, 0.5) is 17.1 Å². The molecule has 94 valence electrons. The number of rotatable bonds is 2. The number of nitrogens with zero attached hydrogens (tertiary/aromatic N) is 1. The lowest BCUT2D eigenvalue weighted by molar-refractivity contribution is 1.36. The first kappa shape index (κ1) is 11.8. The molecular formula is C15H12ClN3. The smallest absolute Gasteiger partial charge is 0.0661 e. The van der Waals surface area contributed by atoms with Crippen LogP contribution in [0.2, 0.25) is 5.02 Å². The van der Waals surface area contributed by atoms with Crippen LogP contribution in [0, 0.1) is 0 Å². The second-order valence-corrected chi connectivity index (χ2v) is 4.67. The highest BCUT2D eigenvalue weighted by atomic mass is 35.5. The Morgan fingerprint density at radius 2 is 1.95 bits per heavy atom. The summed E-state index contributed by atoms with van der Waals surface area (Å²) in [6.07, 6.45) is 3.62. The lowest BCUT2D eigenvalue weighted by atomic mass is 10.1. The molecule has 0 aliphatic carbocycles. The van der Waals surface area contributed by atoms with Crippen molar-refractivity contribution in [3.05, 3.63) is 59.9 Å². The number of anilines is 3. The number of nitrogens with one attached hydrogen (secondary N) is 1. The van der Waals surface area contributed by atoms with Gasteiger partial charge in [-0.05, 0) is 35.7 Å². The fourth-order valence-corrected chi connectivity index (χ4v) is 2.24. The predicted octanol–water partition coefficient (Wildman–Crippen LogP) is 4.21. The van der Waals surface area contributed by atoms with Gasteiger partial charge in [0.05, 0.1) is 10.7 Å². The summed E-state index contributed by atoms with van der Waals surface area (Å²) in [5.74, 6) is 0. The molecule has 19 heavy (non-hydrogen) atoms. The summed E-state index contributed by atoms with van der Waals surface area (Å²) in [5.41, 5.74) is 8.13. The van der Waals surface area contributed by atoms with Crippen LogP contribution in [-0.2, 0) is 0 Å². The molecule has 0 saturated carbocycles. The molecule has 3 N–H and O–H groups in total. The van der Waals surface area contributed by atoms with Gasteiger partial charge in [0.2, 0.25) is 0 Å². The third-order valence-electron chi connectivity index (χ3n) is 2.95. The highest BCUT2D eigenvalue weighted by Gasteiger charge is 2.04. The molecule has 0 aliphatic heterocycles. The van der Waals surface area contributed by atoms with E-state index in [9.17, 15) is 0 Å². The molecular weight excluding hydrogens is 258 g/mol. The Hall–Kier alpha value is -2.26. The van der Waals surface area contributed by atoms with Crippen LogP contribution < -0.4 is 11.1 Å². The van der Waals surface area contributed by atoms with Crippen LogP contribution in [0.5, 0.6) is 0 Å². The number of aromatic nitrogens is 1. The number of nitrogens with two attached hydrogens (primary N) is 1. The summed E-state index contributed by atoms with van der Waals surface area (Å²) < 4.78 is 0. The van der Waals surface area contributed by atoms with E-state index in [1.54, 1.807) is 12.3 Å². The minimum atomic E-state index is 0.598. The lowest BCUT2D eigenvalue weighted by Gasteiger charge is -2.11. The van der Waals surface area contributed by atoms with Gasteiger partial charge in [0.15, 0.2) is 0 Å². The predicted molar refractivity (Wildman–Crippen MR) is 80.9 cm³/mol. The number of halogens is 1. The van der Waals surface area contributed by atoms with Crippen LogP contribution in [0.1, 0.15) is 0 Å². The largest absolute Gasteiger partial charge is 0.399 e. The molecule has 0 unspecified atom stereocenters. The third kappa shape index (κ3) is 2.33. The minimum absolute atomic E-state index is 0.598. The van der Waals surface area contributed by atoms with Crippen LogP contribution in [-0.4, -0.2) is 4.98 Å². The zero-order chi connectivity index (χ0) is 13.2. The maximum Gasteiger partial charge on any atom is 0.0661 e. The molecule has 0 aliphatic rings. The second kappa shape index (κ2) is 4.78. The van der Waals surface area contributed by atoms with Crippen molar-refractivity contribution in [1.82, 2.24) is 4.98 Å². The number of hydrogen-bond acceptors (Lipinski definition) is 3. The van der Waals surface area contributed by atoms with E-state index < -0.39 is 0 Å². The van der Waals surface area contributed by atoms with Gasteiger partial charge in [-0.2, -0.15) is 0 Å². The molecule has 3 nitrogen and oxygen atoms in total. The number of nitrogen functional groups attached to an aromatic ring is 1. The molecule has 0 atom stereocenters. The van der Waals surface area contributed by atoms with Gasteiger partial charge in [0.1, 0.15) is 0 Å². The molecule has 0 spiro atoms.